The van der Waals surface area contributed by atoms with Crippen molar-refractivity contribution in [3.63, 3.8) is 0 Å². The fourth-order valence-electron chi connectivity index (χ4n) is 3.56. The van der Waals surface area contributed by atoms with Gasteiger partial charge in [-0.15, -0.1) is 0 Å². The first-order valence-corrected chi connectivity index (χ1v) is 9.52. The van der Waals surface area contributed by atoms with Crippen molar-refractivity contribution in [2.24, 2.45) is 0 Å². The third-order valence-electron chi connectivity index (χ3n) is 5.27. The molecule has 3 heterocycles. The monoisotopic (exact) mass is 414 g/mol. The number of furan rings is 1. The molecule has 0 radical (unpaired) electrons. The van der Waals surface area contributed by atoms with E-state index < -0.39 is 29.2 Å². The molecule has 1 saturated heterocycles. The van der Waals surface area contributed by atoms with Gasteiger partial charge in [0, 0.05) is 30.9 Å². The molecule has 2 aromatic heterocycles. The molecule has 3 aromatic rings. The fourth-order valence-corrected chi connectivity index (χ4v) is 3.56. The van der Waals surface area contributed by atoms with Crippen LogP contribution in [-0.2, 0) is 11.3 Å². The Morgan fingerprint density at radius 3 is 2.60 bits per heavy atom. The molecule has 0 bridgehead atoms. The van der Waals surface area contributed by atoms with Gasteiger partial charge in [0.15, 0.2) is 6.23 Å². The molecule has 0 saturated carbocycles. The standard InChI is InChI=1S/C21H22N2O7/c24-11-9-21(28)13-29-19(18(21)26)22-10-8-17(25)23(20(22)27)12-15-6-7-16(30-15)14-4-2-1-3-5-14/h1-8,10,18-19,24,26,28H,9,11-13H2/t18?,19-,21?/m1/s1. The van der Waals surface area contributed by atoms with Gasteiger partial charge < -0.3 is 24.5 Å². The van der Waals surface area contributed by atoms with Crippen LogP contribution in [0.25, 0.3) is 11.3 Å². The van der Waals surface area contributed by atoms with Crippen molar-refractivity contribution in [3.8, 4) is 11.3 Å². The van der Waals surface area contributed by atoms with Crippen LogP contribution in [0.2, 0.25) is 0 Å². The van der Waals surface area contributed by atoms with E-state index >= 15 is 0 Å². The molecular formula is C21H22N2O7. The molecule has 2 unspecified atom stereocenters. The Kier molecular flexibility index (Phi) is 5.44. The van der Waals surface area contributed by atoms with E-state index in [9.17, 15) is 19.8 Å². The molecule has 0 amide bonds. The zero-order valence-electron chi connectivity index (χ0n) is 16.0. The lowest BCUT2D eigenvalue weighted by Crippen LogP contribution is -2.47. The Hall–Kier alpha value is -2.98. The lowest BCUT2D eigenvalue weighted by atomic mass is 9.95. The second kappa shape index (κ2) is 8.04. The third kappa shape index (κ3) is 3.63. The van der Waals surface area contributed by atoms with E-state index in [1.807, 2.05) is 30.3 Å². The van der Waals surface area contributed by atoms with Gasteiger partial charge >= 0.3 is 5.69 Å². The van der Waals surface area contributed by atoms with Crippen molar-refractivity contribution in [1.82, 2.24) is 9.13 Å². The average molecular weight is 414 g/mol. The predicted octanol–water partition coefficient (Wildman–Crippen LogP) is 0.321. The number of aromatic nitrogens is 2. The molecular weight excluding hydrogens is 392 g/mol. The van der Waals surface area contributed by atoms with E-state index in [0.29, 0.717) is 11.5 Å². The van der Waals surface area contributed by atoms with Crippen LogP contribution in [0.1, 0.15) is 18.4 Å². The van der Waals surface area contributed by atoms with Crippen molar-refractivity contribution >= 4 is 0 Å². The molecule has 158 valence electrons. The largest absolute Gasteiger partial charge is 0.459 e. The van der Waals surface area contributed by atoms with Crippen molar-refractivity contribution in [3.05, 3.63) is 81.3 Å². The lowest BCUT2D eigenvalue weighted by molar-refractivity contribution is -0.0723. The number of aliphatic hydroxyl groups is 3. The first-order chi connectivity index (χ1) is 14.4. The minimum atomic E-state index is -1.68. The summed E-state index contributed by atoms with van der Waals surface area (Å²) in [5.74, 6) is 1.02. The van der Waals surface area contributed by atoms with E-state index in [4.69, 9.17) is 14.3 Å². The maximum Gasteiger partial charge on any atom is 0.333 e. The fraction of sp³-hybridized carbons (Fsp3) is 0.333. The number of nitrogens with zero attached hydrogens (tertiary/aromatic N) is 2. The second-order valence-corrected chi connectivity index (χ2v) is 7.29. The van der Waals surface area contributed by atoms with Crippen LogP contribution in [0.15, 0.2) is 68.7 Å². The SMILES string of the molecule is O=c1ccn([C@@H]2OCC(O)(CCO)C2O)c(=O)n1Cc1ccc(-c2ccccc2)o1. The zero-order chi connectivity index (χ0) is 21.3. The Bertz CT molecular complexity index is 1130. The van der Waals surface area contributed by atoms with Gasteiger partial charge in [0.25, 0.3) is 5.56 Å². The van der Waals surface area contributed by atoms with E-state index in [1.54, 1.807) is 12.1 Å². The van der Waals surface area contributed by atoms with Gasteiger partial charge in [-0.1, -0.05) is 30.3 Å². The van der Waals surface area contributed by atoms with Gasteiger partial charge in [-0.3, -0.25) is 13.9 Å². The predicted molar refractivity (Wildman–Crippen MR) is 106 cm³/mol. The average Bonchev–Trinajstić information content (AvgIpc) is 3.32. The Morgan fingerprint density at radius 2 is 1.87 bits per heavy atom. The number of hydrogen-bond donors (Lipinski definition) is 3. The van der Waals surface area contributed by atoms with Crippen LogP contribution < -0.4 is 11.2 Å². The summed E-state index contributed by atoms with van der Waals surface area (Å²) in [6, 6.07) is 14.0. The summed E-state index contributed by atoms with van der Waals surface area (Å²) in [5, 5.41) is 30.0. The molecule has 30 heavy (non-hydrogen) atoms. The van der Waals surface area contributed by atoms with E-state index in [0.717, 1.165) is 14.7 Å². The summed E-state index contributed by atoms with van der Waals surface area (Å²) in [6.45, 7) is -0.696. The number of ether oxygens (including phenoxy) is 1. The lowest BCUT2D eigenvalue weighted by Gasteiger charge is -2.26. The molecule has 0 spiro atoms. The highest BCUT2D eigenvalue weighted by Crippen LogP contribution is 2.33. The highest BCUT2D eigenvalue weighted by Gasteiger charge is 2.48. The molecule has 9 heteroatoms. The van der Waals surface area contributed by atoms with Crippen molar-refractivity contribution in [2.75, 3.05) is 13.2 Å². The Labute approximate surface area is 171 Å². The van der Waals surface area contributed by atoms with Crippen LogP contribution in [-0.4, -0.2) is 49.4 Å². The molecule has 1 fully saturated rings. The summed E-state index contributed by atoms with van der Waals surface area (Å²) >= 11 is 0. The van der Waals surface area contributed by atoms with Crippen LogP contribution in [0.5, 0.6) is 0 Å². The van der Waals surface area contributed by atoms with Gasteiger partial charge in [-0.05, 0) is 12.1 Å². The van der Waals surface area contributed by atoms with Crippen molar-refractivity contribution in [2.45, 2.75) is 30.9 Å². The number of aliphatic hydroxyl groups excluding tert-OH is 2. The Balaban J connectivity index is 1.63. The Morgan fingerprint density at radius 1 is 1.10 bits per heavy atom. The third-order valence-corrected chi connectivity index (χ3v) is 5.27. The van der Waals surface area contributed by atoms with Gasteiger partial charge in [0.2, 0.25) is 0 Å². The minimum Gasteiger partial charge on any atom is -0.459 e. The quantitative estimate of drug-likeness (QED) is 0.530. The number of benzene rings is 1. The van der Waals surface area contributed by atoms with Crippen LogP contribution >= 0.6 is 0 Å². The number of hydrogen-bond acceptors (Lipinski definition) is 7. The summed E-state index contributed by atoms with van der Waals surface area (Å²) in [5.41, 5.74) is -2.05. The first-order valence-electron chi connectivity index (χ1n) is 9.52. The molecule has 1 aliphatic heterocycles. The highest BCUT2D eigenvalue weighted by molar-refractivity contribution is 5.57. The smallest absolute Gasteiger partial charge is 0.333 e. The normalized spacial score (nSPS) is 23.7. The highest BCUT2D eigenvalue weighted by atomic mass is 16.5. The second-order valence-electron chi connectivity index (χ2n) is 7.29. The maximum absolute atomic E-state index is 12.9. The summed E-state index contributed by atoms with van der Waals surface area (Å²) < 4.78 is 13.2. The van der Waals surface area contributed by atoms with Crippen LogP contribution in [0.3, 0.4) is 0 Å². The molecule has 3 atom stereocenters. The number of rotatable bonds is 6. The van der Waals surface area contributed by atoms with E-state index in [-0.39, 0.29) is 26.2 Å². The topological polar surface area (TPSA) is 127 Å². The van der Waals surface area contributed by atoms with Gasteiger partial charge in [0.1, 0.15) is 23.2 Å². The van der Waals surface area contributed by atoms with Crippen LogP contribution in [0, 0.1) is 0 Å². The van der Waals surface area contributed by atoms with Gasteiger partial charge in [-0.25, -0.2) is 4.79 Å². The van der Waals surface area contributed by atoms with Crippen LogP contribution in [0.4, 0.5) is 0 Å². The summed E-state index contributed by atoms with van der Waals surface area (Å²) in [4.78, 5) is 25.3. The molecule has 4 rings (SSSR count). The van der Waals surface area contributed by atoms with E-state index in [2.05, 4.69) is 0 Å². The zero-order valence-corrected chi connectivity index (χ0v) is 16.0. The molecule has 0 aliphatic carbocycles. The first kappa shape index (κ1) is 20.3. The van der Waals surface area contributed by atoms with Crippen molar-refractivity contribution in [1.29, 1.82) is 0 Å². The molecule has 9 nitrogen and oxygen atoms in total. The summed E-state index contributed by atoms with van der Waals surface area (Å²) in [6.07, 6.45) is -1.51. The van der Waals surface area contributed by atoms with Gasteiger partial charge in [0.05, 0.1) is 13.2 Å². The van der Waals surface area contributed by atoms with Crippen molar-refractivity contribution < 1.29 is 24.5 Å². The molecule has 3 N–H and O–H groups in total. The summed E-state index contributed by atoms with van der Waals surface area (Å²) in [7, 11) is 0. The van der Waals surface area contributed by atoms with Gasteiger partial charge in [-0.2, -0.15) is 0 Å². The molecule has 1 aliphatic rings. The van der Waals surface area contributed by atoms with E-state index in [1.165, 1.54) is 12.3 Å². The molecule has 1 aromatic carbocycles. The minimum absolute atomic E-state index is 0.102. The maximum atomic E-state index is 12.9.